The van der Waals surface area contributed by atoms with E-state index < -0.39 is 23.6 Å². The van der Waals surface area contributed by atoms with Crippen molar-refractivity contribution in [3.8, 4) is 39.5 Å². The predicted octanol–water partition coefficient (Wildman–Crippen LogP) is 11.0. The Bertz CT molecular complexity index is 1680. The quantitative estimate of drug-likeness (QED) is 0.0958. The summed E-state index contributed by atoms with van der Waals surface area (Å²) in [5.74, 6) is -0.317. The van der Waals surface area contributed by atoms with Gasteiger partial charge in [0.15, 0.2) is 11.6 Å². The fourth-order valence-electron chi connectivity index (χ4n) is 5.68. The normalized spacial score (nSPS) is 15.3. The monoisotopic (exact) mass is 666 g/mol. The summed E-state index contributed by atoms with van der Waals surface area (Å²) in [5.41, 5.74) is 4.88. The number of ether oxygens (including phenoxy) is 3. The van der Waals surface area contributed by atoms with E-state index in [0.29, 0.717) is 40.7 Å². The van der Waals surface area contributed by atoms with Gasteiger partial charge in [-0.25, -0.2) is 14.0 Å². The lowest BCUT2D eigenvalue weighted by Gasteiger charge is -2.28. The number of carbonyl (C=O) groups excluding carboxylic acids is 2. The molecule has 7 heteroatoms. The first-order chi connectivity index (χ1) is 23.5. The lowest BCUT2D eigenvalue weighted by atomic mass is 9.77. The highest BCUT2D eigenvalue weighted by Crippen LogP contribution is 2.38. The van der Waals surface area contributed by atoms with Gasteiger partial charge in [-0.1, -0.05) is 75.0 Å². The van der Waals surface area contributed by atoms with Gasteiger partial charge < -0.3 is 14.2 Å². The van der Waals surface area contributed by atoms with E-state index in [9.17, 15) is 18.4 Å². The van der Waals surface area contributed by atoms with Crippen LogP contribution in [0, 0.1) is 17.6 Å². The minimum absolute atomic E-state index is 0.0342. The van der Waals surface area contributed by atoms with E-state index in [-0.39, 0.29) is 11.3 Å². The van der Waals surface area contributed by atoms with Crippen LogP contribution < -0.4 is 14.2 Å². The first-order valence-electron chi connectivity index (χ1n) is 16.7. The molecule has 0 heterocycles. The second-order valence-electron chi connectivity index (χ2n) is 12.3. The molecule has 5 nitrogen and oxygen atoms in total. The number of hydrogen-bond acceptors (Lipinski definition) is 5. The van der Waals surface area contributed by atoms with Gasteiger partial charge in [0.1, 0.15) is 11.5 Å². The summed E-state index contributed by atoms with van der Waals surface area (Å²) in [4.78, 5) is 22.9. The first-order valence-corrected chi connectivity index (χ1v) is 16.7. The molecule has 0 aliphatic heterocycles. The Morgan fingerprint density at radius 3 is 1.55 bits per heavy atom. The van der Waals surface area contributed by atoms with Gasteiger partial charge in [0.25, 0.3) is 0 Å². The minimum Gasteiger partial charge on any atom is -0.491 e. The van der Waals surface area contributed by atoms with Crippen LogP contribution in [0.25, 0.3) is 22.3 Å². The molecule has 1 aliphatic carbocycles. The van der Waals surface area contributed by atoms with Crippen molar-refractivity contribution in [2.45, 2.75) is 65.7 Å². The van der Waals surface area contributed by atoms with E-state index in [1.54, 1.807) is 51.1 Å². The Morgan fingerprint density at radius 1 is 0.653 bits per heavy atom. The highest BCUT2D eigenvalue weighted by atomic mass is 19.2. The molecule has 4 aromatic rings. The molecule has 0 bridgehead atoms. The topological polar surface area (TPSA) is 61.8 Å². The van der Waals surface area contributed by atoms with Crippen molar-refractivity contribution >= 4 is 11.9 Å². The van der Waals surface area contributed by atoms with Crippen LogP contribution in [0.2, 0.25) is 0 Å². The molecule has 49 heavy (non-hydrogen) atoms. The molecule has 0 N–H and O–H groups in total. The molecule has 0 aromatic heterocycles. The summed E-state index contributed by atoms with van der Waals surface area (Å²) in [6.07, 6.45) is 6.31. The largest absolute Gasteiger partial charge is 0.491 e. The fraction of sp³-hybridized carbons (Fsp3) is 0.286. The molecule has 0 amide bonds. The summed E-state index contributed by atoms with van der Waals surface area (Å²) in [6, 6.07) is 25.3. The molecule has 0 spiro atoms. The van der Waals surface area contributed by atoms with Crippen molar-refractivity contribution in [1.82, 2.24) is 0 Å². The van der Waals surface area contributed by atoms with E-state index in [4.69, 9.17) is 14.2 Å². The number of hydrogen-bond donors (Lipinski definition) is 0. The van der Waals surface area contributed by atoms with Crippen LogP contribution >= 0.6 is 0 Å². The van der Waals surface area contributed by atoms with Crippen molar-refractivity contribution in [1.29, 1.82) is 0 Å². The van der Waals surface area contributed by atoms with Crippen molar-refractivity contribution in [2.24, 2.45) is 5.92 Å². The second-order valence-corrected chi connectivity index (χ2v) is 12.3. The summed E-state index contributed by atoms with van der Waals surface area (Å²) in [6.45, 7) is 14.6. The van der Waals surface area contributed by atoms with Gasteiger partial charge in [-0.15, -0.1) is 0 Å². The fourth-order valence-corrected chi connectivity index (χ4v) is 5.68. The zero-order valence-electron chi connectivity index (χ0n) is 28.7. The molecule has 4 aromatic carbocycles. The Labute approximate surface area is 288 Å². The molecular weight excluding hydrogens is 622 g/mol. The summed E-state index contributed by atoms with van der Waals surface area (Å²) >= 11 is 0. The average Bonchev–Trinajstić information content (AvgIpc) is 3.11. The van der Waals surface area contributed by atoms with E-state index >= 15 is 0 Å². The Kier molecular flexibility index (Phi) is 13.1. The molecule has 1 saturated carbocycles. The number of esters is 2. The van der Waals surface area contributed by atoms with Crippen molar-refractivity contribution in [2.75, 3.05) is 6.61 Å². The van der Waals surface area contributed by atoms with Crippen molar-refractivity contribution < 1.29 is 32.6 Å². The maximum atomic E-state index is 14.4. The Hall–Kier alpha value is -5.04. The zero-order valence-corrected chi connectivity index (χ0v) is 28.7. The zero-order chi connectivity index (χ0) is 35.5. The maximum absolute atomic E-state index is 14.4. The number of benzene rings is 4. The summed E-state index contributed by atoms with van der Waals surface area (Å²) in [7, 11) is 0. The van der Waals surface area contributed by atoms with Gasteiger partial charge in [0, 0.05) is 16.7 Å². The molecule has 0 saturated heterocycles. The van der Waals surface area contributed by atoms with Gasteiger partial charge in [0.2, 0.25) is 5.82 Å². The van der Waals surface area contributed by atoms with Crippen LogP contribution in [0.1, 0.15) is 71.3 Å². The molecule has 5 rings (SSSR count). The number of halogens is 2. The molecule has 0 atom stereocenters. The van der Waals surface area contributed by atoms with Crippen LogP contribution in [-0.2, 0) is 9.59 Å². The maximum Gasteiger partial charge on any atom is 0.338 e. The third kappa shape index (κ3) is 9.99. The van der Waals surface area contributed by atoms with Crippen molar-refractivity contribution in [3.63, 3.8) is 0 Å². The second kappa shape index (κ2) is 17.4. The van der Waals surface area contributed by atoms with Crippen molar-refractivity contribution in [3.05, 3.63) is 126 Å². The summed E-state index contributed by atoms with van der Waals surface area (Å²) in [5, 5.41) is 0. The van der Waals surface area contributed by atoms with E-state index in [2.05, 4.69) is 32.2 Å². The van der Waals surface area contributed by atoms with Gasteiger partial charge in [-0.3, -0.25) is 0 Å². The minimum atomic E-state index is -0.915. The van der Waals surface area contributed by atoms with E-state index in [1.807, 2.05) is 36.4 Å². The molecule has 256 valence electrons. The Balaban J connectivity index is 0.000000221. The van der Waals surface area contributed by atoms with Crippen LogP contribution in [0.15, 0.2) is 109 Å². The number of carbonyl (C=O) groups is 2. The van der Waals surface area contributed by atoms with Crippen LogP contribution in [0.3, 0.4) is 0 Å². The van der Waals surface area contributed by atoms with Gasteiger partial charge >= 0.3 is 11.9 Å². The van der Waals surface area contributed by atoms with E-state index in [0.717, 1.165) is 17.0 Å². The molecule has 0 unspecified atom stereocenters. The third-order valence-corrected chi connectivity index (χ3v) is 8.62. The highest BCUT2D eigenvalue weighted by molar-refractivity contribution is 5.89. The standard InChI is InChI=1S/C22H26F2O.C20H18O4/c1-3-15-5-7-16(8-6-15)17-9-11-18(12-10-17)19-13-14-20(25-4-2)22(24)21(19)23;1-13(2)19(21)23-17-9-5-15(6-10-17)16-7-11-18(12-8-16)24-20(22)14(3)4/h9-16H,3-8H2,1-2H3;5-12H,1,3H2,2,4H3. The highest BCUT2D eigenvalue weighted by Gasteiger charge is 2.22. The lowest BCUT2D eigenvalue weighted by Crippen LogP contribution is -2.12. The van der Waals surface area contributed by atoms with E-state index in [1.165, 1.54) is 43.7 Å². The van der Waals surface area contributed by atoms with Gasteiger partial charge in [-0.2, -0.15) is 4.39 Å². The van der Waals surface area contributed by atoms with Gasteiger partial charge in [-0.05, 0) is 117 Å². The average molecular weight is 667 g/mol. The van der Waals surface area contributed by atoms with Crippen LogP contribution in [0.5, 0.6) is 17.2 Å². The van der Waals surface area contributed by atoms with Gasteiger partial charge in [0.05, 0.1) is 6.61 Å². The predicted molar refractivity (Wildman–Crippen MR) is 191 cm³/mol. The smallest absolute Gasteiger partial charge is 0.338 e. The lowest BCUT2D eigenvalue weighted by molar-refractivity contribution is -0.130. The first kappa shape index (κ1) is 36.8. The van der Waals surface area contributed by atoms with Crippen LogP contribution in [-0.4, -0.2) is 18.5 Å². The summed E-state index contributed by atoms with van der Waals surface area (Å²) < 4.78 is 43.8. The SMILES string of the molecule is C=C(C)C(=O)Oc1ccc(-c2ccc(OC(=O)C(=C)C)cc2)cc1.CCOc1ccc(-c2ccc(C3CCC(CC)CC3)cc2)c(F)c1F. The Morgan fingerprint density at radius 2 is 1.12 bits per heavy atom. The molecule has 1 aliphatic rings. The molecular formula is C42H44F2O5. The third-order valence-electron chi connectivity index (χ3n) is 8.62. The molecule has 0 radical (unpaired) electrons. The molecule has 1 fully saturated rings. The number of rotatable bonds is 10. The van der Waals surface area contributed by atoms with Crippen LogP contribution in [0.4, 0.5) is 8.78 Å².